The molecule has 1 saturated heterocycles. The van der Waals surface area contributed by atoms with Crippen LogP contribution in [0.25, 0.3) is 0 Å². The molecule has 1 aromatic heterocycles. The number of carbonyl (C=O) groups is 1. The summed E-state index contributed by atoms with van der Waals surface area (Å²) in [5.41, 5.74) is 0. The lowest BCUT2D eigenvalue weighted by atomic mass is 10.3. The molecule has 1 atom stereocenters. The molecule has 0 amide bonds. The van der Waals surface area contributed by atoms with Crippen LogP contribution in [0.4, 0.5) is 0 Å². The molecule has 1 aliphatic heterocycles. The monoisotopic (exact) mass is 338 g/mol. The Labute approximate surface area is 130 Å². The van der Waals surface area contributed by atoms with Gasteiger partial charge in [-0.25, -0.2) is 13.2 Å². The van der Waals surface area contributed by atoms with E-state index in [4.69, 9.17) is 9.15 Å². The number of sulfonamides is 1. The second-order valence-corrected chi connectivity index (χ2v) is 6.33. The van der Waals surface area contributed by atoms with Crippen molar-refractivity contribution >= 4 is 28.4 Å². The zero-order valence-electron chi connectivity index (χ0n) is 11.9. The van der Waals surface area contributed by atoms with Gasteiger partial charge < -0.3 is 14.5 Å². The third kappa shape index (κ3) is 3.76. The highest BCUT2D eigenvalue weighted by molar-refractivity contribution is 7.89. The molecule has 0 spiro atoms. The number of rotatable bonds is 4. The third-order valence-electron chi connectivity index (χ3n) is 3.06. The summed E-state index contributed by atoms with van der Waals surface area (Å²) in [6.07, 6.45) is 0. The number of carbonyl (C=O) groups excluding carboxylic acids is 1. The van der Waals surface area contributed by atoms with Gasteiger partial charge in [-0.1, -0.05) is 0 Å². The largest absolute Gasteiger partial charge is 0.460 e. The summed E-state index contributed by atoms with van der Waals surface area (Å²) in [5.74, 6) is -0.768. The number of furan rings is 1. The highest BCUT2D eigenvalue weighted by atomic mass is 35.5. The molecule has 0 aliphatic carbocycles. The summed E-state index contributed by atoms with van der Waals surface area (Å²) >= 11 is 0. The van der Waals surface area contributed by atoms with E-state index in [1.54, 1.807) is 6.92 Å². The van der Waals surface area contributed by atoms with Gasteiger partial charge in [-0.05, 0) is 26.0 Å². The number of nitrogens with zero attached hydrogens (tertiary/aromatic N) is 1. The van der Waals surface area contributed by atoms with Crippen LogP contribution in [0.5, 0.6) is 0 Å². The van der Waals surface area contributed by atoms with E-state index >= 15 is 0 Å². The number of ether oxygens (including phenoxy) is 1. The molecule has 1 aliphatic rings. The first-order valence-corrected chi connectivity index (χ1v) is 7.90. The van der Waals surface area contributed by atoms with Gasteiger partial charge in [0, 0.05) is 25.7 Å². The highest BCUT2D eigenvalue weighted by Gasteiger charge is 2.33. The van der Waals surface area contributed by atoms with E-state index in [9.17, 15) is 13.2 Å². The first-order chi connectivity index (χ1) is 9.46. The van der Waals surface area contributed by atoms with Crippen molar-refractivity contribution in [1.82, 2.24) is 9.62 Å². The number of nitrogens with one attached hydrogen (secondary N) is 1. The van der Waals surface area contributed by atoms with Gasteiger partial charge in [0.15, 0.2) is 0 Å². The quantitative estimate of drug-likeness (QED) is 0.819. The molecule has 0 radical (unpaired) electrons. The average molecular weight is 339 g/mol. The molecule has 7 nitrogen and oxygen atoms in total. The molecule has 0 aromatic carbocycles. The fourth-order valence-corrected chi connectivity index (χ4v) is 3.61. The SMILES string of the molecule is CCOC(=O)c1ccc(S(=O)(=O)N2CCNCC2C)o1.Cl. The van der Waals surface area contributed by atoms with Gasteiger partial charge in [-0.2, -0.15) is 4.31 Å². The Morgan fingerprint density at radius 2 is 2.24 bits per heavy atom. The van der Waals surface area contributed by atoms with E-state index in [0.29, 0.717) is 19.6 Å². The molecule has 1 N–H and O–H groups in total. The summed E-state index contributed by atoms with van der Waals surface area (Å²) in [6, 6.07) is 2.44. The second kappa shape index (κ2) is 7.26. The number of halogens is 1. The minimum Gasteiger partial charge on any atom is -0.460 e. The van der Waals surface area contributed by atoms with Gasteiger partial charge in [-0.15, -0.1) is 12.4 Å². The van der Waals surface area contributed by atoms with Gasteiger partial charge >= 0.3 is 5.97 Å². The van der Waals surface area contributed by atoms with Gasteiger partial charge in [-0.3, -0.25) is 0 Å². The topological polar surface area (TPSA) is 88.9 Å². The van der Waals surface area contributed by atoms with E-state index in [0.717, 1.165) is 0 Å². The molecule has 2 heterocycles. The maximum atomic E-state index is 12.4. The fourth-order valence-electron chi connectivity index (χ4n) is 2.07. The van der Waals surface area contributed by atoms with Gasteiger partial charge in [0.2, 0.25) is 10.9 Å². The zero-order chi connectivity index (χ0) is 14.8. The average Bonchev–Trinajstić information content (AvgIpc) is 2.89. The first-order valence-electron chi connectivity index (χ1n) is 6.46. The van der Waals surface area contributed by atoms with Crippen LogP contribution >= 0.6 is 12.4 Å². The molecule has 1 unspecified atom stereocenters. The van der Waals surface area contributed by atoms with Crippen molar-refractivity contribution in [3.63, 3.8) is 0 Å². The van der Waals surface area contributed by atoms with Crippen LogP contribution < -0.4 is 5.32 Å². The normalized spacial score (nSPS) is 19.8. The van der Waals surface area contributed by atoms with Gasteiger partial charge in [0.25, 0.3) is 10.0 Å². The lowest BCUT2D eigenvalue weighted by molar-refractivity contribution is 0.0483. The number of piperazine rings is 1. The maximum Gasteiger partial charge on any atom is 0.374 e. The van der Waals surface area contributed by atoms with E-state index in [1.807, 2.05) is 6.92 Å². The van der Waals surface area contributed by atoms with Crippen LogP contribution in [0.15, 0.2) is 21.6 Å². The summed E-state index contributed by atoms with van der Waals surface area (Å²) in [4.78, 5) is 11.5. The first kappa shape index (κ1) is 18.0. The van der Waals surface area contributed by atoms with Gasteiger partial charge in [0.05, 0.1) is 6.61 Å². The Hall–Kier alpha value is -1.09. The highest BCUT2D eigenvalue weighted by Crippen LogP contribution is 2.22. The summed E-state index contributed by atoms with van der Waals surface area (Å²) < 4.78 is 36.2. The minimum atomic E-state index is -3.72. The standard InChI is InChI=1S/C12H18N2O5S.ClH/c1-3-18-12(15)10-4-5-11(19-10)20(16,17)14-7-6-13-8-9(14)2;/h4-5,9,13H,3,6-8H2,1-2H3;1H. The fraction of sp³-hybridized carbons (Fsp3) is 0.583. The van der Waals surface area contributed by atoms with E-state index in [-0.39, 0.29) is 35.9 Å². The smallest absolute Gasteiger partial charge is 0.374 e. The molecule has 120 valence electrons. The summed E-state index contributed by atoms with van der Waals surface area (Å²) in [7, 11) is -3.72. The van der Waals surface area contributed by atoms with Crippen molar-refractivity contribution in [2.45, 2.75) is 25.0 Å². The van der Waals surface area contributed by atoms with Crippen LogP contribution in [-0.2, 0) is 14.8 Å². The van der Waals surface area contributed by atoms with E-state index in [1.165, 1.54) is 16.4 Å². The van der Waals surface area contributed by atoms with Crippen LogP contribution in [0.3, 0.4) is 0 Å². The lowest BCUT2D eigenvalue weighted by Crippen LogP contribution is -2.52. The van der Waals surface area contributed by atoms with Crippen LogP contribution in [0.2, 0.25) is 0 Å². The Morgan fingerprint density at radius 3 is 2.86 bits per heavy atom. The predicted octanol–water partition coefficient (Wildman–Crippen LogP) is 0.860. The molecule has 1 aromatic rings. The number of hydrogen-bond acceptors (Lipinski definition) is 6. The van der Waals surface area contributed by atoms with Gasteiger partial charge in [0.1, 0.15) is 0 Å². The maximum absolute atomic E-state index is 12.4. The van der Waals surface area contributed by atoms with Crippen LogP contribution in [-0.4, -0.2) is 51.0 Å². The van der Waals surface area contributed by atoms with E-state index in [2.05, 4.69) is 5.32 Å². The molecular formula is C12H19ClN2O5S. The minimum absolute atomic E-state index is 0. The summed E-state index contributed by atoms with van der Waals surface area (Å²) in [6.45, 7) is 5.24. The lowest BCUT2D eigenvalue weighted by Gasteiger charge is -2.31. The van der Waals surface area contributed by atoms with Crippen molar-refractivity contribution in [3.8, 4) is 0 Å². The van der Waals surface area contributed by atoms with Crippen molar-refractivity contribution in [2.75, 3.05) is 26.2 Å². The van der Waals surface area contributed by atoms with Crippen molar-refractivity contribution in [2.24, 2.45) is 0 Å². The molecule has 1 fully saturated rings. The predicted molar refractivity (Wildman–Crippen MR) is 78.1 cm³/mol. The summed E-state index contributed by atoms with van der Waals surface area (Å²) in [5, 5.41) is 2.89. The van der Waals surface area contributed by atoms with Crippen LogP contribution in [0.1, 0.15) is 24.4 Å². The zero-order valence-corrected chi connectivity index (χ0v) is 13.5. The van der Waals surface area contributed by atoms with Crippen molar-refractivity contribution in [1.29, 1.82) is 0 Å². The third-order valence-corrected chi connectivity index (χ3v) is 4.95. The van der Waals surface area contributed by atoms with Crippen molar-refractivity contribution < 1.29 is 22.4 Å². The van der Waals surface area contributed by atoms with Crippen LogP contribution in [0, 0.1) is 0 Å². The molecule has 0 saturated carbocycles. The molecule has 9 heteroatoms. The Morgan fingerprint density at radius 1 is 1.52 bits per heavy atom. The Balaban J connectivity index is 0.00000220. The molecular weight excluding hydrogens is 320 g/mol. The number of hydrogen-bond donors (Lipinski definition) is 1. The second-order valence-electron chi connectivity index (χ2n) is 4.51. The Bertz CT molecular complexity index is 586. The molecule has 21 heavy (non-hydrogen) atoms. The Kier molecular flexibility index (Phi) is 6.21. The van der Waals surface area contributed by atoms with Crippen molar-refractivity contribution in [3.05, 3.63) is 17.9 Å². The molecule has 0 bridgehead atoms. The molecule has 2 rings (SSSR count). The number of esters is 1. The van der Waals surface area contributed by atoms with E-state index < -0.39 is 16.0 Å².